The van der Waals surface area contributed by atoms with Crippen LogP contribution in [0.25, 0.3) is 0 Å². The third-order valence-corrected chi connectivity index (χ3v) is 4.09. The summed E-state index contributed by atoms with van der Waals surface area (Å²) in [7, 11) is 1.65. The molecule has 1 unspecified atom stereocenters. The second-order valence-corrected chi connectivity index (χ2v) is 5.79. The molecule has 0 saturated carbocycles. The molecule has 2 rings (SSSR count). The molecule has 1 N–H and O–H groups in total. The van der Waals surface area contributed by atoms with Gasteiger partial charge >= 0.3 is 0 Å². The normalized spacial score (nSPS) is 14.5. The van der Waals surface area contributed by atoms with Gasteiger partial charge in [0.2, 0.25) is 12.5 Å². The van der Waals surface area contributed by atoms with Gasteiger partial charge in [-0.25, -0.2) is 0 Å². The van der Waals surface area contributed by atoms with Crippen molar-refractivity contribution in [1.82, 2.24) is 5.32 Å². The van der Waals surface area contributed by atoms with Gasteiger partial charge in [-0.05, 0) is 30.4 Å². The third-order valence-electron chi connectivity index (χ3n) is 2.94. The molecular formula is C14H21NO3S. The number of benzene rings is 1. The van der Waals surface area contributed by atoms with E-state index < -0.39 is 0 Å². The molecule has 0 radical (unpaired) electrons. The molecular weight excluding hydrogens is 262 g/mol. The predicted octanol–water partition coefficient (Wildman–Crippen LogP) is 2.66. The highest BCUT2D eigenvalue weighted by Crippen LogP contribution is 2.41. The lowest BCUT2D eigenvalue weighted by Crippen LogP contribution is -2.27. The summed E-state index contributed by atoms with van der Waals surface area (Å²) in [6, 6.07) is 4.50. The Morgan fingerprint density at radius 1 is 1.42 bits per heavy atom. The zero-order chi connectivity index (χ0) is 13.7. The molecule has 4 nitrogen and oxygen atoms in total. The molecule has 1 aromatic rings. The van der Waals surface area contributed by atoms with Crippen LogP contribution in [0.2, 0.25) is 0 Å². The van der Waals surface area contributed by atoms with Crippen molar-refractivity contribution in [1.29, 1.82) is 0 Å². The molecule has 1 atom stereocenters. The number of rotatable bonds is 7. The van der Waals surface area contributed by atoms with Crippen molar-refractivity contribution >= 4 is 11.8 Å². The third kappa shape index (κ3) is 3.70. The van der Waals surface area contributed by atoms with E-state index in [-0.39, 0.29) is 6.79 Å². The summed E-state index contributed by atoms with van der Waals surface area (Å²) in [6.07, 6.45) is 0. The van der Waals surface area contributed by atoms with E-state index in [0.29, 0.717) is 11.8 Å². The minimum atomic E-state index is 0.270. The van der Waals surface area contributed by atoms with Gasteiger partial charge in [0, 0.05) is 18.3 Å². The van der Waals surface area contributed by atoms with E-state index in [1.54, 1.807) is 7.11 Å². The molecule has 1 aliphatic rings. The topological polar surface area (TPSA) is 39.7 Å². The molecule has 1 aliphatic heterocycles. The number of hydrogen-bond donors (Lipinski definition) is 1. The summed E-state index contributed by atoms with van der Waals surface area (Å²) in [5.41, 5.74) is 1.15. The van der Waals surface area contributed by atoms with Crippen LogP contribution >= 0.6 is 11.8 Å². The molecule has 0 spiro atoms. The van der Waals surface area contributed by atoms with E-state index in [4.69, 9.17) is 14.2 Å². The number of nitrogens with one attached hydrogen (secondary N) is 1. The minimum absolute atomic E-state index is 0.270. The average Bonchev–Trinajstić information content (AvgIpc) is 2.90. The van der Waals surface area contributed by atoms with Gasteiger partial charge in [0.1, 0.15) is 0 Å². The van der Waals surface area contributed by atoms with Gasteiger partial charge in [-0.1, -0.05) is 6.92 Å². The molecule has 106 valence electrons. The van der Waals surface area contributed by atoms with Crippen molar-refractivity contribution in [3.05, 3.63) is 17.7 Å². The molecule has 5 heteroatoms. The summed E-state index contributed by atoms with van der Waals surface area (Å²) < 4.78 is 16.1. The zero-order valence-corrected chi connectivity index (χ0v) is 12.5. The molecule has 0 aromatic heterocycles. The second-order valence-electron chi connectivity index (χ2n) is 4.47. The van der Waals surface area contributed by atoms with Crippen molar-refractivity contribution in [2.24, 2.45) is 0 Å². The first-order valence-electron chi connectivity index (χ1n) is 6.52. The molecule has 0 saturated heterocycles. The van der Waals surface area contributed by atoms with Crippen LogP contribution in [0.1, 0.15) is 19.4 Å². The number of methoxy groups -OCH3 is 1. The Morgan fingerprint density at radius 2 is 2.26 bits per heavy atom. The van der Waals surface area contributed by atoms with Gasteiger partial charge in [0.05, 0.1) is 7.11 Å². The van der Waals surface area contributed by atoms with Crippen LogP contribution in [0.15, 0.2) is 12.1 Å². The van der Waals surface area contributed by atoms with Crippen molar-refractivity contribution < 1.29 is 14.2 Å². The highest BCUT2D eigenvalue weighted by atomic mass is 32.2. The maximum atomic E-state index is 5.42. The minimum Gasteiger partial charge on any atom is -0.493 e. The van der Waals surface area contributed by atoms with Crippen LogP contribution in [0.5, 0.6) is 17.2 Å². The summed E-state index contributed by atoms with van der Waals surface area (Å²) in [6.45, 7) is 5.46. The Labute approximate surface area is 118 Å². The van der Waals surface area contributed by atoms with Gasteiger partial charge in [0.25, 0.3) is 0 Å². The fourth-order valence-corrected chi connectivity index (χ4v) is 2.64. The highest BCUT2D eigenvalue weighted by molar-refractivity contribution is 7.99. The van der Waals surface area contributed by atoms with E-state index in [1.165, 1.54) is 0 Å². The van der Waals surface area contributed by atoms with Crippen molar-refractivity contribution in [2.45, 2.75) is 26.4 Å². The molecule has 0 fully saturated rings. The van der Waals surface area contributed by atoms with E-state index in [1.807, 2.05) is 23.9 Å². The SMILES string of the molecule is CCSCC(C)NCc1cc(OC)c2c(c1)OCO2. The molecule has 0 aliphatic carbocycles. The van der Waals surface area contributed by atoms with Crippen LogP contribution in [0.4, 0.5) is 0 Å². The fraction of sp³-hybridized carbons (Fsp3) is 0.571. The number of thioether (sulfide) groups is 1. The lowest BCUT2D eigenvalue weighted by molar-refractivity contribution is 0.171. The van der Waals surface area contributed by atoms with Crippen molar-refractivity contribution in [2.75, 3.05) is 25.4 Å². The maximum Gasteiger partial charge on any atom is 0.231 e. The van der Waals surface area contributed by atoms with Crippen LogP contribution in [-0.4, -0.2) is 31.5 Å². The van der Waals surface area contributed by atoms with Crippen molar-refractivity contribution in [3.63, 3.8) is 0 Å². The number of fused-ring (bicyclic) bond motifs is 1. The van der Waals surface area contributed by atoms with Gasteiger partial charge in [-0.15, -0.1) is 0 Å². The first-order valence-corrected chi connectivity index (χ1v) is 7.67. The second kappa shape index (κ2) is 6.91. The van der Waals surface area contributed by atoms with Gasteiger partial charge < -0.3 is 19.5 Å². The standard InChI is InChI=1S/C14H21NO3S/c1-4-19-8-10(2)15-7-11-5-12(16-3)14-13(6-11)17-9-18-14/h5-6,10,15H,4,7-9H2,1-3H3. The summed E-state index contributed by atoms with van der Waals surface area (Å²) >= 11 is 1.95. The predicted molar refractivity (Wildman–Crippen MR) is 78.4 cm³/mol. The number of hydrogen-bond acceptors (Lipinski definition) is 5. The smallest absolute Gasteiger partial charge is 0.231 e. The molecule has 0 amide bonds. The molecule has 0 bridgehead atoms. The monoisotopic (exact) mass is 283 g/mol. The summed E-state index contributed by atoms with van der Waals surface area (Å²) in [5.74, 6) is 4.50. The molecule has 1 heterocycles. The first kappa shape index (κ1) is 14.3. The summed E-state index contributed by atoms with van der Waals surface area (Å²) in [4.78, 5) is 0. The maximum absolute atomic E-state index is 5.42. The van der Waals surface area contributed by atoms with Gasteiger partial charge in [-0.2, -0.15) is 11.8 Å². The van der Waals surface area contributed by atoms with Crippen LogP contribution in [-0.2, 0) is 6.54 Å². The van der Waals surface area contributed by atoms with Crippen molar-refractivity contribution in [3.8, 4) is 17.2 Å². The van der Waals surface area contributed by atoms with Crippen LogP contribution < -0.4 is 19.5 Å². The average molecular weight is 283 g/mol. The lowest BCUT2D eigenvalue weighted by Gasteiger charge is -2.14. The first-order chi connectivity index (χ1) is 9.24. The Hall–Kier alpha value is -1.07. The van der Waals surface area contributed by atoms with E-state index in [2.05, 4.69) is 19.2 Å². The lowest BCUT2D eigenvalue weighted by atomic mass is 10.1. The fourth-order valence-electron chi connectivity index (χ4n) is 1.93. The zero-order valence-electron chi connectivity index (χ0n) is 11.7. The van der Waals surface area contributed by atoms with Gasteiger partial charge in [-0.3, -0.25) is 0 Å². The van der Waals surface area contributed by atoms with Gasteiger partial charge in [0.15, 0.2) is 11.5 Å². The Kier molecular flexibility index (Phi) is 5.22. The Bertz CT molecular complexity index is 425. The molecule has 1 aromatic carbocycles. The largest absolute Gasteiger partial charge is 0.493 e. The summed E-state index contributed by atoms with van der Waals surface area (Å²) in [5, 5.41) is 3.50. The van der Waals surface area contributed by atoms with Crippen LogP contribution in [0.3, 0.4) is 0 Å². The van der Waals surface area contributed by atoms with E-state index >= 15 is 0 Å². The highest BCUT2D eigenvalue weighted by Gasteiger charge is 2.20. The van der Waals surface area contributed by atoms with Crippen LogP contribution in [0, 0.1) is 0 Å². The van der Waals surface area contributed by atoms with E-state index in [0.717, 1.165) is 35.1 Å². The molecule has 19 heavy (non-hydrogen) atoms. The Balaban J connectivity index is 1.97. The number of ether oxygens (including phenoxy) is 3. The quantitative estimate of drug-likeness (QED) is 0.833. The Morgan fingerprint density at radius 3 is 3.00 bits per heavy atom. The van der Waals surface area contributed by atoms with E-state index in [9.17, 15) is 0 Å².